The number of hydrogen-bond donors (Lipinski definition) is 2. The Morgan fingerprint density at radius 3 is 2.44 bits per heavy atom. The third-order valence-electron chi connectivity index (χ3n) is 5.33. The van der Waals surface area contributed by atoms with Crippen LogP contribution in [0.1, 0.15) is 54.6 Å². The highest BCUT2D eigenvalue weighted by Crippen LogP contribution is 2.28. The maximum absolute atomic E-state index is 12.6. The molecule has 27 heavy (non-hydrogen) atoms. The van der Waals surface area contributed by atoms with Gasteiger partial charge in [0.2, 0.25) is 5.91 Å². The fraction of sp³-hybridized carbons (Fsp3) is 0.455. The number of aryl methyl sites for hydroxylation is 1. The highest BCUT2D eigenvalue weighted by atomic mass is 16.3. The minimum Gasteiger partial charge on any atom is -0.451 e. The largest absolute Gasteiger partial charge is 0.451 e. The highest BCUT2D eigenvalue weighted by Gasteiger charge is 2.26. The first-order valence-corrected chi connectivity index (χ1v) is 9.76. The van der Waals surface area contributed by atoms with Crippen LogP contribution in [0.25, 0.3) is 11.3 Å². The van der Waals surface area contributed by atoms with Crippen LogP contribution in [0.15, 0.2) is 40.8 Å². The molecule has 1 heterocycles. The molecule has 3 rings (SSSR count). The van der Waals surface area contributed by atoms with Crippen LogP contribution >= 0.6 is 0 Å². The standard InChI is InChI=1S/C22H28N2O3/c1-15-8-10-17(11-9-15)19-12-13-20(27-19)22(26)24-18(21(25)23-2)14-16-6-4-3-5-7-16/h8-13,16,18H,3-7,14H2,1-2H3,(H,23,25)(H,24,26)/t18-/m0/s1. The first-order chi connectivity index (χ1) is 13.1. The van der Waals surface area contributed by atoms with Crippen molar-refractivity contribution in [2.24, 2.45) is 5.92 Å². The van der Waals surface area contributed by atoms with Gasteiger partial charge in [0.05, 0.1) is 0 Å². The summed E-state index contributed by atoms with van der Waals surface area (Å²) in [5.41, 5.74) is 2.09. The molecule has 5 nitrogen and oxygen atoms in total. The zero-order chi connectivity index (χ0) is 19.2. The van der Waals surface area contributed by atoms with Crippen molar-refractivity contribution in [2.45, 2.75) is 51.5 Å². The maximum Gasteiger partial charge on any atom is 0.287 e. The van der Waals surface area contributed by atoms with Gasteiger partial charge in [-0.05, 0) is 31.4 Å². The number of amides is 2. The van der Waals surface area contributed by atoms with Gasteiger partial charge >= 0.3 is 0 Å². The van der Waals surface area contributed by atoms with E-state index in [0.29, 0.717) is 18.1 Å². The smallest absolute Gasteiger partial charge is 0.287 e. The molecule has 1 fully saturated rings. The van der Waals surface area contributed by atoms with Gasteiger partial charge in [-0.15, -0.1) is 0 Å². The van der Waals surface area contributed by atoms with Crippen molar-refractivity contribution in [3.05, 3.63) is 47.7 Å². The number of likely N-dealkylation sites (N-methyl/N-ethyl adjacent to an activating group) is 1. The minimum atomic E-state index is -0.529. The molecule has 0 aliphatic heterocycles. The molecule has 144 valence electrons. The van der Waals surface area contributed by atoms with E-state index in [-0.39, 0.29) is 17.6 Å². The van der Waals surface area contributed by atoms with E-state index in [1.54, 1.807) is 19.2 Å². The fourth-order valence-electron chi connectivity index (χ4n) is 3.72. The van der Waals surface area contributed by atoms with Gasteiger partial charge in [-0.1, -0.05) is 61.9 Å². The maximum atomic E-state index is 12.6. The van der Waals surface area contributed by atoms with Crippen molar-refractivity contribution in [1.29, 1.82) is 0 Å². The Morgan fingerprint density at radius 1 is 1.07 bits per heavy atom. The first-order valence-electron chi connectivity index (χ1n) is 9.76. The zero-order valence-corrected chi connectivity index (χ0v) is 16.1. The van der Waals surface area contributed by atoms with Gasteiger partial charge in [-0.2, -0.15) is 0 Å². The Kier molecular flexibility index (Phi) is 6.32. The average Bonchev–Trinajstić information content (AvgIpc) is 3.18. The summed E-state index contributed by atoms with van der Waals surface area (Å²) in [6.45, 7) is 2.02. The zero-order valence-electron chi connectivity index (χ0n) is 16.1. The normalized spacial score (nSPS) is 15.9. The van der Waals surface area contributed by atoms with E-state index >= 15 is 0 Å². The van der Waals surface area contributed by atoms with Crippen molar-refractivity contribution >= 4 is 11.8 Å². The van der Waals surface area contributed by atoms with Crippen molar-refractivity contribution < 1.29 is 14.0 Å². The summed E-state index contributed by atoms with van der Waals surface area (Å²) in [6.07, 6.45) is 6.61. The number of rotatable bonds is 6. The van der Waals surface area contributed by atoms with E-state index in [2.05, 4.69) is 10.6 Å². The number of carbonyl (C=O) groups is 2. The molecule has 1 aromatic carbocycles. The molecular weight excluding hydrogens is 340 g/mol. The molecule has 0 saturated heterocycles. The third-order valence-corrected chi connectivity index (χ3v) is 5.33. The monoisotopic (exact) mass is 368 g/mol. The number of nitrogens with one attached hydrogen (secondary N) is 2. The Hall–Kier alpha value is -2.56. The van der Waals surface area contributed by atoms with Crippen LogP contribution in [0.5, 0.6) is 0 Å². The quantitative estimate of drug-likeness (QED) is 0.807. The van der Waals surface area contributed by atoms with Crippen molar-refractivity contribution in [2.75, 3.05) is 7.05 Å². The highest BCUT2D eigenvalue weighted by molar-refractivity contribution is 5.95. The van der Waals surface area contributed by atoms with E-state index in [1.165, 1.54) is 24.8 Å². The van der Waals surface area contributed by atoms with Gasteiger partial charge in [0.1, 0.15) is 11.8 Å². The summed E-state index contributed by atoms with van der Waals surface area (Å²) in [6, 6.07) is 10.9. The van der Waals surface area contributed by atoms with Crippen LogP contribution in [0.3, 0.4) is 0 Å². The molecule has 2 amide bonds. The Morgan fingerprint density at radius 2 is 1.78 bits per heavy atom. The van der Waals surface area contributed by atoms with Crippen molar-refractivity contribution in [1.82, 2.24) is 10.6 Å². The molecule has 1 aromatic heterocycles. The van der Waals surface area contributed by atoms with E-state index in [1.807, 2.05) is 31.2 Å². The number of hydrogen-bond acceptors (Lipinski definition) is 3. The third kappa shape index (κ3) is 5.00. The van der Waals surface area contributed by atoms with Gasteiger partial charge in [0, 0.05) is 12.6 Å². The second-order valence-corrected chi connectivity index (χ2v) is 7.41. The van der Waals surface area contributed by atoms with E-state index in [9.17, 15) is 9.59 Å². The van der Waals surface area contributed by atoms with Gasteiger partial charge in [-0.3, -0.25) is 9.59 Å². The van der Waals surface area contributed by atoms with Crippen LogP contribution in [-0.2, 0) is 4.79 Å². The summed E-state index contributed by atoms with van der Waals surface area (Å²) >= 11 is 0. The molecule has 1 saturated carbocycles. The molecule has 2 N–H and O–H groups in total. The van der Waals surface area contributed by atoms with Gasteiger partial charge in [-0.25, -0.2) is 0 Å². The molecule has 2 aromatic rings. The molecule has 0 bridgehead atoms. The van der Waals surface area contributed by atoms with Crippen LogP contribution in [0, 0.1) is 12.8 Å². The lowest BCUT2D eigenvalue weighted by atomic mass is 9.84. The van der Waals surface area contributed by atoms with Crippen molar-refractivity contribution in [3.63, 3.8) is 0 Å². The number of furan rings is 1. The summed E-state index contributed by atoms with van der Waals surface area (Å²) in [7, 11) is 1.60. The average molecular weight is 368 g/mol. The molecule has 0 radical (unpaired) electrons. The summed E-state index contributed by atoms with van der Waals surface area (Å²) in [5.74, 6) is 0.852. The van der Waals surface area contributed by atoms with E-state index < -0.39 is 6.04 Å². The Bertz CT molecular complexity index is 773. The number of carbonyl (C=O) groups excluding carboxylic acids is 2. The predicted molar refractivity (Wildman–Crippen MR) is 105 cm³/mol. The van der Waals surface area contributed by atoms with Gasteiger partial charge in [0.15, 0.2) is 5.76 Å². The van der Waals surface area contributed by atoms with Gasteiger partial charge < -0.3 is 15.1 Å². The fourth-order valence-corrected chi connectivity index (χ4v) is 3.72. The number of benzene rings is 1. The summed E-state index contributed by atoms with van der Waals surface area (Å²) in [5, 5.41) is 5.52. The molecule has 1 aliphatic carbocycles. The van der Waals surface area contributed by atoms with E-state index in [0.717, 1.165) is 18.4 Å². The van der Waals surface area contributed by atoms with Gasteiger partial charge in [0.25, 0.3) is 5.91 Å². The second kappa shape index (κ2) is 8.89. The van der Waals surface area contributed by atoms with Crippen LogP contribution in [0.4, 0.5) is 0 Å². The molecular formula is C22H28N2O3. The lowest BCUT2D eigenvalue weighted by Crippen LogP contribution is -2.46. The SMILES string of the molecule is CNC(=O)[C@H](CC1CCCCC1)NC(=O)c1ccc(-c2ccc(C)cc2)o1. The Labute approximate surface area is 160 Å². The lowest BCUT2D eigenvalue weighted by molar-refractivity contribution is -0.123. The Balaban J connectivity index is 1.67. The topological polar surface area (TPSA) is 71.3 Å². The van der Waals surface area contributed by atoms with Crippen molar-refractivity contribution in [3.8, 4) is 11.3 Å². The lowest BCUT2D eigenvalue weighted by Gasteiger charge is -2.26. The minimum absolute atomic E-state index is 0.153. The molecule has 5 heteroatoms. The van der Waals surface area contributed by atoms with Crippen LogP contribution < -0.4 is 10.6 Å². The summed E-state index contributed by atoms with van der Waals surface area (Å²) in [4.78, 5) is 24.9. The van der Waals surface area contributed by atoms with Crippen LogP contribution in [0.2, 0.25) is 0 Å². The second-order valence-electron chi connectivity index (χ2n) is 7.41. The predicted octanol–water partition coefficient (Wildman–Crippen LogP) is 4.07. The first kappa shape index (κ1) is 19.2. The van der Waals surface area contributed by atoms with Crippen LogP contribution in [-0.4, -0.2) is 24.9 Å². The van der Waals surface area contributed by atoms with E-state index in [4.69, 9.17) is 4.42 Å². The summed E-state index contributed by atoms with van der Waals surface area (Å²) < 4.78 is 5.73. The molecule has 1 atom stereocenters. The molecule has 1 aliphatic rings. The molecule has 0 spiro atoms. The molecule has 0 unspecified atom stereocenters.